The van der Waals surface area contributed by atoms with E-state index in [1.807, 2.05) is 59.4 Å². The molecule has 17 heteroatoms. The van der Waals surface area contributed by atoms with Crippen LogP contribution in [0.2, 0.25) is 15.3 Å². The largest absolute Gasteiger partial charge is 0.350 e. The number of hydrogen-bond donors (Lipinski definition) is 6. The Morgan fingerprint density at radius 2 is 1.26 bits per heavy atom. The lowest BCUT2D eigenvalue weighted by Crippen LogP contribution is -2.23. The third kappa shape index (κ3) is 10.0. The standard InChI is InChI=1S/C18H22ClN7.C14H13Cl2N5.C4H10N2/c1-11(2)26-10-21-15-16(22-13-5-3-4-12(19)8-13)24-18(25-17(15)26)23-14-6-7-20-9-14;1-8(2)21-7-17-11-12(19-14(16)20-13(11)21)18-10-5-3-4-9(15)6-10;5-4-1-2-6-3-4/h3-5,8,10-11,14,20H,6-7,9H2,1-2H3,(H2,22,23,24,25);3-8H,1-2H3,(H,18,19,20);4,6H,1-3,5H2. The molecule has 2 atom stereocenters. The summed E-state index contributed by atoms with van der Waals surface area (Å²) in [5.41, 5.74) is 10.1. The predicted molar refractivity (Wildman–Crippen MR) is 216 cm³/mol. The Bertz CT molecular complexity index is 2120. The van der Waals surface area contributed by atoms with Crippen molar-refractivity contribution in [3.63, 3.8) is 0 Å². The number of anilines is 5. The summed E-state index contributed by atoms with van der Waals surface area (Å²) in [6.07, 6.45) is 5.76. The molecule has 7 N–H and O–H groups in total. The SMILES string of the molecule is CC(C)n1cnc2c(Nc3cccc(Cl)c3)nc(Cl)nc21.CC(C)n1cnc2c(Nc3cccc(Cl)c3)nc(NC3CCNC3)nc21.NC1CCNC1. The molecule has 0 saturated carbocycles. The first-order chi connectivity index (χ1) is 25.5. The van der Waals surface area contributed by atoms with Crippen LogP contribution in [-0.2, 0) is 0 Å². The Morgan fingerprint density at radius 1 is 0.717 bits per heavy atom. The summed E-state index contributed by atoms with van der Waals surface area (Å²) >= 11 is 18.1. The summed E-state index contributed by atoms with van der Waals surface area (Å²) in [5.74, 6) is 1.84. The van der Waals surface area contributed by atoms with Crippen molar-refractivity contribution in [1.82, 2.24) is 49.7 Å². The molecule has 0 aliphatic carbocycles. The van der Waals surface area contributed by atoms with Gasteiger partial charge in [-0.1, -0.05) is 35.3 Å². The highest BCUT2D eigenvalue weighted by atomic mass is 35.5. The van der Waals surface area contributed by atoms with E-state index in [1.165, 1.54) is 0 Å². The van der Waals surface area contributed by atoms with Crippen LogP contribution >= 0.6 is 34.8 Å². The minimum Gasteiger partial charge on any atom is -0.350 e. The molecule has 2 saturated heterocycles. The van der Waals surface area contributed by atoms with Gasteiger partial charge in [0.2, 0.25) is 11.2 Å². The van der Waals surface area contributed by atoms with Crippen LogP contribution < -0.4 is 32.3 Å². The fourth-order valence-electron chi connectivity index (χ4n) is 5.84. The van der Waals surface area contributed by atoms with Gasteiger partial charge in [-0.25, -0.2) is 9.97 Å². The number of hydrogen-bond acceptors (Lipinski definition) is 12. The Kier molecular flexibility index (Phi) is 12.8. The zero-order valence-corrected chi connectivity index (χ0v) is 32.4. The number of nitrogens with zero attached hydrogens (tertiary/aromatic N) is 8. The van der Waals surface area contributed by atoms with Crippen LogP contribution in [0.25, 0.3) is 22.3 Å². The van der Waals surface area contributed by atoms with Crippen molar-refractivity contribution >= 4 is 86.1 Å². The molecule has 280 valence electrons. The second-order valence-electron chi connectivity index (χ2n) is 13.4. The van der Waals surface area contributed by atoms with Crippen molar-refractivity contribution in [2.75, 3.05) is 42.1 Å². The van der Waals surface area contributed by atoms with Gasteiger partial charge >= 0.3 is 0 Å². The smallest absolute Gasteiger partial charge is 0.227 e. The molecule has 0 bridgehead atoms. The molecule has 6 heterocycles. The number of nitrogens with two attached hydrogens (primary N) is 1. The summed E-state index contributed by atoms with van der Waals surface area (Å²) in [4.78, 5) is 26.8. The monoisotopic (exact) mass is 778 g/mol. The number of imidazole rings is 2. The van der Waals surface area contributed by atoms with E-state index in [-0.39, 0.29) is 17.4 Å². The highest BCUT2D eigenvalue weighted by Crippen LogP contribution is 2.29. The van der Waals surface area contributed by atoms with Crippen molar-refractivity contribution < 1.29 is 0 Å². The lowest BCUT2D eigenvalue weighted by Gasteiger charge is -2.14. The second-order valence-corrected chi connectivity index (χ2v) is 14.6. The van der Waals surface area contributed by atoms with Crippen molar-refractivity contribution in [2.24, 2.45) is 5.73 Å². The molecule has 4 aromatic heterocycles. The van der Waals surface area contributed by atoms with Crippen LogP contribution in [0.3, 0.4) is 0 Å². The van der Waals surface area contributed by atoms with E-state index in [1.54, 1.807) is 6.33 Å². The molecule has 2 aliphatic heterocycles. The average molecular weight is 780 g/mol. The Balaban J connectivity index is 0.000000159. The molecule has 2 unspecified atom stereocenters. The van der Waals surface area contributed by atoms with Crippen LogP contribution in [0.1, 0.15) is 52.6 Å². The first-order valence-corrected chi connectivity index (χ1v) is 18.8. The Morgan fingerprint density at radius 3 is 1.74 bits per heavy atom. The lowest BCUT2D eigenvalue weighted by molar-refractivity contribution is 0.612. The molecule has 2 fully saturated rings. The maximum atomic E-state index is 6.11. The topological polar surface area (TPSA) is 173 Å². The fourth-order valence-corrected chi connectivity index (χ4v) is 6.39. The third-order valence-electron chi connectivity index (χ3n) is 8.59. The fraction of sp³-hybridized carbons (Fsp3) is 0.389. The van der Waals surface area contributed by atoms with Gasteiger partial charge in [-0.15, -0.1) is 0 Å². The molecule has 0 amide bonds. The van der Waals surface area contributed by atoms with Crippen LogP contribution in [0.4, 0.5) is 29.0 Å². The van der Waals surface area contributed by atoms with Gasteiger partial charge in [0.15, 0.2) is 34.0 Å². The van der Waals surface area contributed by atoms with Crippen LogP contribution in [0, 0.1) is 0 Å². The molecule has 53 heavy (non-hydrogen) atoms. The Hall–Kier alpha value is -4.31. The molecule has 0 radical (unpaired) electrons. The molecule has 14 nitrogen and oxygen atoms in total. The van der Waals surface area contributed by atoms with Gasteiger partial charge in [0.05, 0.1) is 12.7 Å². The lowest BCUT2D eigenvalue weighted by atomic mass is 10.3. The maximum absolute atomic E-state index is 6.11. The average Bonchev–Trinajstić information content (AvgIpc) is 3.94. The summed E-state index contributed by atoms with van der Waals surface area (Å²) < 4.78 is 4.00. The molecule has 2 aliphatic rings. The quantitative estimate of drug-likeness (QED) is 0.0850. The van der Waals surface area contributed by atoms with Gasteiger partial charge < -0.3 is 41.5 Å². The minimum atomic E-state index is 0.175. The number of halogens is 3. The number of fused-ring (bicyclic) bond motifs is 2. The van der Waals surface area contributed by atoms with Crippen LogP contribution in [0.15, 0.2) is 61.2 Å². The minimum absolute atomic E-state index is 0.175. The van der Waals surface area contributed by atoms with Crippen molar-refractivity contribution in [3.8, 4) is 0 Å². The molecule has 6 aromatic rings. The van der Waals surface area contributed by atoms with Gasteiger partial charge in [0, 0.05) is 58.7 Å². The second kappa shape index (κ2) is 17.7. The van der Waals surface area contributed by atoms with E-state index in [0.29, 0.717) is 50.9 Å². The number of rotatable bonds is 8. The summed E-state index contributed by atoms with van der Waals surface area (Å²) in [5, 5.41) is 17.9. The van der Waals surface area contributed by atoms with Crippen LogP contribution in [-0.4, -0.2) is 77.3 Å². The predicted octanol–water partition coefficient (Wildman–Crippen LogP) is 7.34. The molecular formula is C36H45Cl3N14. The van der Waals surface area contributed by atoms with E-state index in [0.717, 1.165) is 61.6 Å². The van der Waals surface area contributed by atoms with Gasteiger partial charge in [-0.05, 0) is 102 Å². The summed E-state index contributed by atoms with van der Waals surface area (Å²) in [6.45, 7) is 12.4. The highest BCUT2D eigenvalue weighted by molar-refractivity contribution is 6.31. The zero-order valence-electron chi connectivity index (χ0n) is 30.1. The molecular weight excluding hydrogens is 735 g/mol. The summed E-state index contributed by atoms with van der Waals surface area (Å²) in [6, 6.07) is 16.2. The number of nitrogens with one attached hydrogen (secondary N) is 5. The first kappa shape index (κ1) is 38.4. The van der Waals surface area contributed by atoms with Crippen LogP contribution in [0.5, 0.6) is 0 Å². The normalized spacial score (nSPS) is 16.8. The zero-order chi connectivity index (χ0) is 37.5. The third-order valence-corrected chi connectivity index (χ3v) is 9.23. The van der Waals surface area contributed by atoms with Crippen molar-refractivity contribution in [3.05, 3.63) is 76.5 Å². The van der Waals surface area contributed by atoms with E-state index >= 15 is 0 Å². The van der Waals surface area contributed by atoms with Gasteiger partial charge in [0.25, 0.3) is 0 Å². The van der Waals surface area contributed by atoms with E-state index in [9.17, 15) is 0 Å². The number of aromatic nitrogens is 8. The van der Waals surface area contributed by atoms with Gasteiger partial charge in [-0.3, -0.25) is 0 Å². The van der Waals surface area contributed by atoms with Gasteiger partial charge in [0.1, 0.15) is 0 Å². The van der Waals surface area contributed by atoms with E-state index in [2.05, 4.69) is 83.8 Å². The van der Waals surface area contributed by atoms with E-state index < -0.39 is 0 Å². The van der Waals surface area contributed by atoms with Crippen molar-refractivity contribution in [2.45, 2.75) is 64.7 Å². The highest BCUT2D eigenvalue weighted by Gasteiger charge is 2.20. The molecule has 2 aromatic carbocycles. The molecule has 0 spiro atoms. The Labute approximate surface area is 323 Å². The van der Waals surface area contributed by atoms with Gasteiger partial charge in [-0.2, -0.15) is 19.9 Å². The van der Waals surface area contributed by atoms with Crippen molar-refractivity contribution in [1.29, 1.82) is 0 Å². The first-order valence-electron chi connectivity index (χ1n) is 17.7. The molecule has 8 rings (SSSR count). The maximum Gasteiger partial charge on any atom is 0.227 e. The van der Waals surface area contributed by atoms with E-state index in [4.69, 9.17) is 45.5 Å². The summed E-state index contributed by atoms with van der Waals surface area (Å²) in [7, 11) is 0. The number of benzene rings is 2.